The number of aliphatic carboxylic acids is 1. The molecule has 108 valence electrons. The van der Waals surface area contributed by atoms with E-state index in [-0.39, 0.29) is 0 Å². The van der Waals surface area contributed by atoms with E-state index in [9.17, 15) is 14.7 Å². The molecule has 0 saturated carbocycles. The van der Waals surface area contributed by atoms with Crippen LogP contribution < -0.4 is 10.6 Å². The highest BCUT2D eigenvalue weighted by atomic mass is 32.2. The molecule has 2 atom stereocenters. The minimum Gasteiger partial charge on any atom is -0.479 e. The fourth-order valence-electron chi connectivity index (χ4n) is 2.10. The summed E-state index contributed by atoms with van der Waals surface area (Å²) in [7, 11) is 0. The van der Waals surface area contributed by atoms with Crippen LogP contribution in [0.3, 0.4) is 0 Å². The van der Waals surface area contributed by atoms with Crippen molar-refractivity contribution in [2.45, 2.75) is 12.5 Å². The van der Waals surface area contributed by atoms with E-state index in [1.54, 1.807) is 30.3 Å². The van der Waals surface area contributed by atoms with E-state index in [2.05, 4.69) is 10.6 Å². The summed E-state index contributed by atoms with van der Waals surface area (Å²) in [6, 6.07) is 7.23. The summed E-state index contributed by atoms with van der Waals surface area (Å²) in [5.74, 6) is 1.62. The van der Waals surface area contributed by atoms with E-state index in [0.29, 0.717) is 18.0 Å². The molecule has 0 aliphatic carbocycles. The number of amides is 2. The largest absolute Gasteiger partial charge is 0.479 e. The van der Waals surface area contributed by atoms with Crippen molar-refractivity contribution >= 4 is 23.8 Å². The lowest BCUT2D eigenvalue weighted by Crippen LogP contribution is -2.42. The number of rotatable bonds is 5. The number of urea groups is 1. The predicted octanol–water partition coefficient (Wildman–Crippen LogP) is 1.86. The van der Waals surface area contributed by atoms with Crippen LogP contribution in [-0.4, -0.2) is 35.2 Å². The maximum atomic E-state index is 11.8. The Morgan fingerprint density at radius 2 is 2.10 bits per heavy atom. The zero-order valence-electron chi connectivity index (χ0n) is 11.0. The van der Waals surface area contributed by atoms with Crippen LogP contribution in [0.4, 0.5) is 4.79 Å². The third-order valence-corrected chi connectivity index (χ3v) is 4.46. The summed E-state index contributed by atoms with van der Waals surface area (Å²) in [6.07, 6.45) is 1.10. The van der Waals surface area contributed by atoms with Gasteiger partial charge in [-0.05, 0) is 29.4 Å². The van der Waals surface area contributed by atoms with E-state index in [4.69, 9.17) is 0 Å². The first-order chi connectivity index (χ1) is 9.66. The van der Waals surface area contributed by atoms with E-state index < -0.39 is 18.0 Å². The second kappa shape index (κ2) is 7.19. The Morgan fingerprint density at radius 1 is 1.35 bits per heavy atom. The summed E-state index contributed by atoms with van der Waals surface area (Å²) in [5, 5.41) is 14.5. The van der Waals surface area contributed by atoms with Gasteiger partial charge < -0.3 is 15.7 Å². The normalized spacial score (nSPS) is 19.3. The first kappa shape index (κ1) is 14.7. The number of carboxylic acid groups (broad SMARTS) is 1. The number of carbonyl (C=O) groups is 2. The molecule has 0 spiro atoms. The fraction of sp³-hybridized carbons (Fsp3) is 0.429. The highest BCUT2D eigenvalue weighted by molar-refractivity contribution is 7.99. The van der Waals surface area contributed by atoms with Gasteiger partial charge in [0.25, 0.3) is 0 Å². The second-order valence-corrected chi connectivity index (χ2v) is 5.92. The smallest absolute Gasteiger partial charge is 0.330 e. The second-order valence-electron chi connectivity index (χ2n) is 4.77. The van der Waals surface area contributed by atoms with Crippen molar-refractivity contribution < 1.29 is 14.7 Å². The minimum absolute atomic E-state index is 0.432. The van der Waals surface area contributed by atoms with Gasteiger partial charge in [0.1, 0.15) is 0 Å². The van der Waals surface area contributed by atoms with Crippen LogP contribution in [0.15, 0.2) is 30.3 Å². The Bertz CT molecular complexity index is 461. The number of carbonyl (C=O) groups excluding carboxylic acids is 1. The molecule has 3 N–H and O–H groups in total. The zero-order chi connectivity index (χ0) is 14.4. The SMILES string of the molecule is O=C(NCC1CCSC1)N[C@@H](C(=O)O)c1ccccc1. The number of nitrogens with one attached hydrogen (secondary N) is 2. The molecule has 20 heavy (non-hydrogen) atoms. The molecular formula is C14H18N2O3S. The Hall–Kier alpha value is -1.69. The number of thioether (sulfide) groups is 1. The van der Waals surface area contributed by atoms with Crippen LogP contribution in [0, 0.1) is 5.92 Å². The fourth-order valence-corrected chi connectivity index (χ4v) is 3.38. The van der Waals surface area contributed by atoms with Crippen molar-refractivity contribution in [3.05, 3.63) is 35.9 Å². The number of hydrogen-bond donors (Lipinski definition) is 3. The molecule has 0 aromatic heterocycles. The third kappa shape index (κ3) is 4.16. The van der Waals surface area contributed by atoms with Gasteiger partial charge in [0.05, 0.1) is 0 Å². The lowest BCUT2D eigenvalue weighted by Gasteiger charge is -2.16. The van der Waals surface area contributed by atoms with Gasteiger partial charge in [0.2, 0.25) is 0 Å². The third-order valence-electron chi connectivity index (χ3n) is 3.23. The molecule has 1 heterocycles. The maximum Gasteiger partial charge on any atom is 0.330 e. The van der Waals surface area contributed by atoms with Gasteiger partial charge in [-0.1, -0.05) is 30.3 Å². The summed E-state index contributed by atoms with van der Waals surface area (Å²) in [5.41, 5.74) is 0.562. The van der Waals surface area contributed by atoms with E-state index >= 15 is 0 Å². The van der Waals surface area contributed by atoms with Crippen LogP contribution in [0.1, 0.15) is 18.0 Å². The van der Waals surface area contributed by atoms with Gasteiger partial charge in [-0.2, -0.15) is 11.8 Å². The number of benzene rings is 1. The zero-order valence-corrected chi connectivity index (χ0v) is 11.9. The summed E-state index contributed by atoms with van der Waals surface area (Å²) >= 11 is 1.88. The van der Waals surface area contributed by atoms with Crippen molar-refractivity contribution in [2.24, 2.45) is 5.92 Å². The van der Waals surface area contributed by atoms with Gasteiger partial charge >= 0.3 is 12.0 Å². The molecule has 2 amide bonds. The van der Waals surface area contributed by atoms with Crippen LogP contribution >= 0.6 is 11.8 Å². The van der Waals surface area contributed by atoms with Crippen molar-refractivity contribution in [3.8, 4) is 0 Å². The lowest BCUT2D eigenvalue weighted by atomic mass is 10.1. The number of hydrogen-bond acceptors (Lipinski definition) is 3. The minimum atomic E-state index is -1.07. The molecule has 1 aliphatic heterocycles. The Morgan fingerprint density at radius 3 is 2.70 bits per heavy atom. The summed E-state index contributed by atoms with van der Waals surface area (Å²) < 4.78 is 0. The quantitative estimate of drug-likeness (QED) is 0.774. The van der Waals surface area contributed by atoms with Crippen LogP contribution in [-0.2, 0) is 4.79 Å². The van der Waals surface area contributed by atoms with Gasteiger partial charge in [-0.15, -0.1) is 0 Å². The van der Waals surface area contributed by atoms with Crippen molar-refractivity contribution in [2.75, 3.05) is 18.1 Å². The predicted molar refractivity (Wildman–Crippen MR) is 78.8 cm³/mol. The van der Waals surface area contributed by atoms with Crippen LogP contribution in [0.5, 0.6) is 0 Å². The maximum absolute atomic E-state index is 11.8. The highest BCUT2D eigenvalue weighted by Gasteiger charge is 2.22. The summed E-state index contributed by atoms with van der Waals surface area (Å²) in [6.45, 7) is 0.597. The van der Waals surface area contributed by atoms with Gasteiger partial charge in [0, 0.05) is 6.54 Å². The molecule has 1 unspecified atom stereocenters. The average molecular weight is 294 g/mol. The van der Waals surface area contributed by atoms with E-state index in [1.807, 2.05) is 11.8 Å². The van der Waals surface area contributed by atoms with Crippen molar-refractivity contribution in [1.29, 1.82) is 0 Å². The van der Waals surface area contributed by atoms with E-state index in [0.717, 1.165) is 17.9 Å². The van der Waals surface area contributed by atoms with Gasteiger partial charge in [0.15, 0.2) is 6.04 Å². The molecule has 1 aromatic carbocycles. The van der Waals surface area contributed by atoms with Crippen LogP contribution in [0.25, 0.3) is 0 Å². The molecule has 1 aliphatic rings. The average Bonchev–Trinajstić information content (AvgIpc) is 2.96. The van der Waals surface area contributed by atoms with Crippen LogP contribution in [0.2, 0.25) is 0 Å². The molecule has 0 bridgehead atoms. The summed E-state index contributed by atoms with van der Waals surface area (Å²) in [4.78, 5) is 23.0. The first-order valence-corrected chi connectivity index (χ1v) is 7.72. The molecule has 5 nitrogen and oxygen atoms in total. The molecule has 1 aromatic rings. The molecule has 1 fully saturated rings. The molecule has 0 radical (unpaired) electrons. The highest BCUT2D eigenvalue weighted by Crippen LogP contribution is 2.22. The van der Waals surface area contributed by atoms with Gasteiger partial charge in [-0.25, -0.2) is 9.59 Å². The van der Waals surface area contributed by atoms with E-state index in [1.165, 1.54) is 0 Å². The van der Waals surface area contributed by atoms with Crippen molar-refractivity contribution in [3.63, 3.8) is 0 Å². The molecular weight excluding hydrogens is 276 g/mol. The molecule has 2 rings (SSSR count). The molecule has 6 heteroatoms. The monoisotopic (exact) mass is 294 g/mol. The number of carboxylic acids is 1. The first-order valence-electron chi connectivity index (χ1n) is 6.56. The van der Waals surface area contributed by atoms with Crippen molar-refractivity contribution in [1.82, 2.24) is 10.6 Å². The Kier molecular flexibility index (Phi) is 5.29. The topological polar surface area (TPSA) is 78.4 Å². The standard InChI is InChI=1S/C14H18N2O3S/c17-13(18)12(11-4-2-1-3-5-11)16-14(19)15-8-10-6-7-20-9-10/h1-5,10,12H,6-9H2,(H,17,18)(H2,15,16,19)/t10?,12-/m1/s1. The lowest BCUT2D eigenvalue weighted by molar-refractivity contribution is -0.139. The Labute approximate surface area is 122 Å². The molecule has 1 saturated heterocycles. The Balaban J connectivity index is 1.87. The van der Waals surface area contributed by atoms with Gasteiger partial charge in [-0.3, -0.25) is 0 Å².